The molecule has 1 atom stereocenters. The molecule has 8 heteroatoms. The van der Waals surface area contributed by atoms with Gasteiger partial charge in [0.25, 0.3) is 0 Å². The van der Waals surface area contributed by atoms with E-state index < -0.39 is 0 Å². The van der Waals surface area contributed by atoms with Gasteiger partial charge >= 0.3 is 6.03 Å². The smallest absolute Gasteiger partial charge is 0.322 e. The molecule has 1 unspecified atom stereocenters. The fourth-order valence-electron chi connectivity index (χ4n) is 3.18. The number of nitrogens with zero attached hydrogens (tertiary/aromatic N) is 4. The lowest BCUT2D eigenvalue weighted by atomic mass is 10.2. The average Bonchev–Trinajstić information content (AvgIpc) is 3.38. The first-order chi connectivity index (χ1) is 13.6. The molecule has 1 N–H and O–H groups in total. The summed E-state index contributed by atoms with van der Waals surface area (Å²) in [6.07, 6.45) is 1.63. The largest absolute Gasteiger partial charge is 0.337 e. The van der Waals surface area contributed by atoms with Crippen LogP contribution in [0.25, 0.3) is 11.4 Å². The number of carbonyl (C=O) groups excluding carboxylic acids is 1. The second kappa shape index (κ2) is 7.82. The Bertz CT molecular complexity index is 1020. The van der Waals surface area contributed by atoms with Crippen LogP contribution in [0.3, 0.4) is 0 Å². The van der Waals surface area contributed by atoms with Crippen molar-refractivity contribution in [3.8, 4) is 17.5 Å². The number of anilines is 1. The van der Waals surface area contributed by atoms with Gasteiger partial charge in [0.1, 0.15) is 6.04 Å². The van der Waals surface area contributed by atoms with E-state index >= 15 is 0 Å². The van der Waals surface area contributed by atoms with Crippen LogP contribution in [0.15, 0.2) is 57.5 Å². The molecule has 0 aliphatic carbocycles. The van der Waals surface area contributed by atoms with Crippen molar-refractivity contribution in [2.75, 3.05) is 11.9 Å². The van der Waals surface area contributed by atoms with Crippen molar-refractivity contribution in [2.45, 2.75) is 18.9 Å². The van der Waals surface area contributed by atoms with Crippen LogP contribution in [0.2, 0.25) is 0 Å². The summed E-state index contributed by atoms with van der Waals surface area (Å²) in [5, 5.41) is 15.8. The van der Waals surface area contributed by atoms with E-state index in [1.165, 1.54) is 0 Å². The fourth-order valence-corrected chi connectivity index (χ4v) is 3.44. The molecule has 1 fully saturated rings. The minimum absolute atomic E-state index is 0.226. The van der Waals surface area contributed by atoms with Crippen molar-refractivity contribution >= 4 is 27.6 Å². The molecule has 7 nitrogen and oxygen atoms in total. The first-order valence-electron chi connectivity index (χ1n) is 8.81. The van der Waals surface area contributed by atoms with Gasteiger partial charge in [0, 0.05) is 22.3 Å². The van der Waals surface area contributed by atoms with Crippen molar-refractivity contribution in [3.05, 3.63) is 64.5 Å². The summed E-state index contributed by atoms with van der Waals surface area (Å²) in [7, 11) is 0. The SMILES string of the molecule is N#Cc1ccc(NC(=O)N2CCCC2c2nc(-c3ccc(Br)cc3)no2)cc1. The number of rotatable bonds is 3. The first kappa shape index (κ1) is 18.2. The number of nitrogens with one attached hydrogen (secondary N) is 1. The number of urea groups is 1. The summed E-state index contributed by atoms with van der Waals surface area (Å²) >= 11 is 3.40. The molecule has 3 aromatic rings. The highest BCUT2D eigenvalue weighted by atomic mass is 79.9. The van der Waals surface area contributed by atoms with E-state index in [-0.39, 0.29) is 12.1 Å². The molecule has 1 aromatic heterocycles. The highest BCUT2D eigenvalue weighted by Gasteiger charge is 2.34. The Kier molecular flexibility index (Phi) is 5.08. The quantitative estimate of drug-likeness (QED) is 0.638. The molecule has 140 valence electrons. The third-order valence-electron chi connectivity index (χ3n) is 4.61. The Balaban J connectivity index is 1.49. The van der Waals surface area contributed by atoms with Gasteiger partial charge < -0.3 is 14.7 Å². The number of aromatic nitrogens is 2. The third-order valence-corrected chi connectivity index (χ3v) is 5.14. The number of amides is 2. The van der Waals surface area contributed by atoms with Crippen molar-refractivity contribution in [1.82, 2.24) is 15.0 Å². The summed E-state index contributed by atoms with van der Waals surface area (Å²) in [4.78, 5) is 18.9. The molecule has 4 rings (SSSR count). The summed E-state index contributed by atoms with van der Waals surface area (Å²) < 4.78 is 6.44. The Morgan fingerprint density at radius 3 is 2.68 bits per heavy atom. The van der Waals surface area contributed by atoms with E-state index in [1.54, 1.807) is 29.2 Å². The zero-order valence-electron chi connectivity index (χ0n) is 14.8. The highest BCUT2D eigenvalue weighted by molar-refractivity contribution is 9.10. The van der Waals surface area contributed by atoms with Crippen molar-refractivity contribution in [1.29, 1.82) is 5.26 Å². The zero-order valence-corrected chi connectivity index (χ0v) is 16.4. The standard InChI is InChI=1S/C20H16BrN5O2/c21-15-7-5-14(6-8-15)18-24-19(28-25-18)17-2-1-11-26(17)20(27)23-16-9-3-13(12-22)4-10-16/h3-10,17H,1-2,11H2,(H,23,27). The average molecular weight is 438 g/mol. The summed E-state index contributed by atoms with van der Waals surface area (Å²) in [5.41, 5.74) is 2.03. The Morgan fingerprint density at radius 2 is 1.96 bits per heavy atom. The fraction of sp³-hybridized carbons (Fsp3) is 0.200. The molecule has 1 aliphatic rings. The molecule has 2 aromatic carbocycles. The molecule has 0 bridgehead atoms. The first-order valence-corrected chi connectivity index (χ1v) is 9.60. The summed E-state index contributed by atoms with van der Waals surface area (Å²) in [6.45, 7) is 0.614. The molecule has 2 heterocycles. The van der Waals surface area contributed by atoms with Gasteiger partial charge in [0.05, 0.1) is 11.6 Å². The predicted octanol–water partition coefficient (Wildman–Crippen LogP) is 4.74. The van der Waals surface area contributed by atoms with Gasteiger partial charge in [-0.15, -0.1) is 0 Å². The topological polar surface area (TPSA) is 95.1 Å². The molecule has 0 saturated carbocycles. The lowest BCUT2D eigenvalue weighted by Gasteiger charge is -2.22. The number of likely N-dealkylation sites (tertiary alicyclic amines) is 1. The molecule has 28 heavy (non-hydrogen) atoms. The number of hydrogen-bond donors (Lipinski definition) is 1. The minimum atomic E-state index is -0.255. The molecule has 0 radical (unpaired) electrons. The van der Waals surface area contributed by atoms with Gasteiger partial charge in [-0.3, -0.25) is 0 Å². The third kappa shape index (κ3) is 3.75. The molecule has 0 spiro atoms. The van der Waals surface area contributed by atoms with Gasteiger partial charge in [-0.1, -0.05) is 21.1 Å². The van der Waals surface area contributed by atoms with Crippen LogP contribution in [-0.4, -0.2) is 27.6 Å². The van der Waals surface area contributed by atoms with Crippen molar-refractivity contribution in [2.24, 2.45) is 0 Å². The maximum absolute atomic E-state index is 12.7. The van der Waals surface area contributed by atoms with Gasteiger partial charge in [-0.05, 0) is 61.4 Å². The van der Waals surface area contributed by atoms with Gasteiger partial charge in [-0.2, -0.15) is 10.2 Å². The van der Waals surface area contributed by atoms with Crippen LogP contribution in [0.4, 0.5) is 10.5 Å². The summed E-state index contributed by atoms with van der Waals surface area (Å²) in [6, 6.07) is 16.0. The van der Waals surface area contributed by atoms with E-state index in [0.717, 1.165) is 22.9 Å². The molecule has 2 amide bonds. The van der Waals surface area contributed by atoms with Gasteiger partial charge in [-0.25, -0.2) is 4.79 Å². The maximum atomic E-state index is 12.7. The maximum Gasteiger partial charge on any atom is 0.322 e. The van der Waals surface area contributed by atoms with E-state index in [4.69, 9.17) is 9.78 Å². The van der Waals surface area contributed by atoms with Crippen LogP contribution in [0.5, 0.6) is 0 Å². The van der Waals surface area contributed by atoms with Crippen LogP contribution in [0, 0.1) is 11.3 Å². The Morgan fingerprint density at radius 1 is 1.21 bits per heavy atom. The van der Waals surface area contributed by atoms with E-state index in [0.29, 0.717) is 29.5 Å². The van der Waals surface area contributed by atoms with E-state index in [9.17, 15) is 4.79 Å². The van der Waals surface area contributed by atoms with E-state index in [1.807, 2.05) is 24.3 Å². The molecular weight excluding hydrogens is 422 g/mol. The minimum Gasteiger partial charge on any atom is -0.337 e. The van der Waals surface area contributed by atoms with Crippen LogP contribution >= 0.6 is 15.9 Å². The highest BCUT2D eigenvalue weighted by Crippen LogP contribution is 2.32. The zero-order chi connectivity index (χ0) is 19.5. The van der Waals surface area contributed by atoms with Gasteiger partial charge in [0.2, 0.25) is 11.7 Å². The number of halogens is 1. The second-order valence-corrected chi connectivity index (χ2v) is 7.35. The number of carbonyl (C=O) groups is 1. The lowest BCUT2D eigenvalue weighted by molar-refractivity contribution is 0.193. The lowest BCUT2D eigenvalue weighted by Crippen LogP contribution is -2.34. The van der Waals surface area contributed by atoms with Crippen molar-refractivity contribution < 1.29 is 9.32 Å². The number of hydrogen-bond acceptors (Lipinski definition) is 5. The van der Waals surface area contributed by atoms with Crippen molar-refractivity contribution in [3.63, 3.8) is 0 Å². The molecule has 1 saturated heterocycles. The second-order valence-electron chi connectivity index (χ2n) is 6.43. The Labute approximate surface area is 170 Å². The number of nitriles is 1. The van der Waals surface area contributed by atoms with E-state index in [2.05, 4.69) is 37.5 Å². The molecular formula is C20H16BrN5O2. The monoisotopic (exact) mass is 437 g/mol. The van der Waals surface area contributed by atoms with Crippen LogP contribution < -0.4 is 5.32 Å². The van der Waals surface area contributed by atoms with Crippen LogP contribution in [-0.2, 0) is 0 Å². The molecule has 1 aliphatic heterocycles. The number of benzene rings is 2. The Hall–Kier alpha value is -3.18. The predicted molar refractivity (Wildman–Crippen MR) is 106 cm³/mol. The normalized spacial score (nSPS) is 16.0. The van der Waals surface area contributed by atoms with Gasteiger partial charge in [0.15, 0.2) is 0 Å². The summed E-state index contributed by atoms with van der Waals surface area (Å²) in [5.74, 6) is 0.937. The van der Waals surface area contributed by atoms with Crippen LogP contribution in [0.1, 0.15) is 30.3 Å².